The van der Waals surface area contributed by atoms with Crippen LogP contribution in [0, 0.1) is 5.92 Å². The van der Waals surface area contributed by atoms with E-state index in [9.17, 15) is 0 Å². The van der Waals surface area contributed by atoms with Gasteiger partial charge in [-0.2, -0.15) is 0 Å². The molecule has 1 aliphatic carbocycles. The maximum absolute atomic E-state index is 5.70. The number of guanidine groups is 1. The Labute approximate surface area is 157 Å². The largest absolute Gasteiger partial charge is 0.497 e. The lowest BCUT2D eigenvalue weighted by Gasteiger charge is -2.37. The summed E-state index contributed by atoms with van der Waals surface area (Å²) in [5.74, 6) is 2.73. The van der Waals surface area contributed by atoms with Gasteiger partial charge in [-0.1, -0.05) is 6.07 Å². The molecule has 1 saturated carbocycles. The van der Waals surface area contributed by atoms with Crippen LogP contribution in [0.15, 0.2) is 29.3 Å². The fraction of sp³-hybridized carbons (Fsp3) is 0.650. The quantitative estimate of drug-likeness (QED) is 0.438. The smallest absolute Gasteiger partial charge is 0.194 e. The molecular formula is C20H32N4O2. The van der Waals surface area contributed by atoms with Gasteiger partial charge in [0.25, 0.3) is 0 Å². The van der Waals surface area contributed by atoms with E-state index < -0.39 is 0 Å². The maximum Gasteiger partial charge on any atom is 0.194 e. The van der Waals surface area contributed by atoms with Gasteiger partial charge in [-0.05, 0) is 37.8 Å². The second-order valence-electron chi connectivity index (χ2n) is 6.93. The summed E-state index contributed by atoms with van der Waals surface area (Å²) in [4.78, 5) is 9.50. The molecule has 1 aliphatic heterocycles. The third kappa shape index (κ3) is 5.53. The molecule has 3 rings (SSSR count). The second-order valence-corrected chi connectivity index (χ2v) is 6.93. The van der Waals surface area contributed by atoms with Crippen molar-refractivity contribution >= 4 is 11.6 Å². The van der Waals surface area contributed by atoms with Crippen LogP contribution in [0.1, 0.15) is 19.8 Å². The van der Waals surface area contributed by atoms with Gasteiger partial charge in [0.15, 0.2) is 5.96 Å². The van der Waals surface area contributed by atoms with Crippen LogP contribution in [0.25, 0.3) is 0 Å². The molecule has 144 valence electrons. The Hall–Kier alpha value is -1.95. The van der Waals surface area contributed by atoms with Crippen molar-refractivity contribution in [2.24, 2.45) is 10.9 Å². The molecule has 2 fully saturated rings. The molecular weight excluding hydrogens is 328 g/mol. The van der Waals surface area contributed by atoms with Crippen molar-refractivity contribution in [2.45, 2.75) is 19.8 Å². The molecule has 1 saturated heterocycles. The standard InChI is InChI=1S/C20H32N4O2/c1-3-21-20(22-9-14-26-16-17-7-8-17)24-12-10-23(11-13-24)18-5-4-6-19(15-18)25-2/h4-6,15,17H,3,7-14,16H2,1-2H3,(H,21,22). The molecule has 1 aromatic carbocycles. The van der Waals surface area contributed by atoms with E-state index >= 15 is 0 Å². The average molecular weight is 361 g/mol. The van der Waals surface area contributed by atoms with Crippen molar-refractivity contribution in [3.05, 3.63) is 24.3 Å². The molecule has 0 radical (unpaired) electrons. The summed E-state index contributed by atoms with van der Waals surface area (Å²) < 4.78 is 11.0. The lowest BCUT2D eigenvalue weighted by Crippen LogP contribution is -2.52. The van der Waals surface area contributed by atoms with Gasteiger partial charge in [-0.25, -0.2) is 0 Å². The van der Waals surface area contributed by atoms with Crippen molar-refractivity contribution in [1.29, 1.82) is 0 Å². The van der Waals surface area contributed by atoms with Gasteiger partial charge >= 0.3 is 0 Å². The minimum absolute atomic E-state index is 0.717. The van der Waals surface area contributed by atoms with Crippen LogP contribution in [0.2, 0.25) is 0 Å². The van der Waals surface area contributed by atoms with Crippen LogP contribution < -0.4 is 15.0 Å². The van der Waals surface area contributed by atoms with E-state index in [1.54, 1.807) is 7.11 Å². The Bertz CT molecular complexity index is 581. The Morgan fingerprint density at radius 2 is 2.04 bits per heavy atom. The summed E-state index contributed by atoms with van der Waals surface area (Å²) in [7, 11) is 1.71. The number of piperazine rings is 1. The normalized spacial score (nSPS) is 18.2. The molecule has 0 aromatic heterocycles. The van der Waals surface area contributed by atoms with Gasteiger partial charge in [0.2, 0.25) is 0 Å². The van der Waals surface area contributed by atoms with E-state index in [0.717, 1.165) is 70.1 Å². The Morgan fingerprint density at radius 1 is 1.23 bits per heavy atom. The Kier molecular flexibility index (Phi) is 7.00. The van der Waals surface area contributed by atoms with Crippen LogP contribution >= 0.6 is 0 Å². The molecule has 0 bridgehead atoms. The molecule has 26 heavy (non-hydrogen) atoms. The average Bonchev–Trinajstić information content (AvgIpc) is 3.51. The first-order valence-corrected chi connectivity index (χ1v) is 9.80. The first-order chi connectivity index (χ1) is 12.8. The van der Waals surface area contributed by atoms with E-state index in [0.29, 0.717) is 0 Å². The van der Waals surface area contributed by atoms with E-state index in [4.69, 9.17) is 14.5 Å². The highest BCUT2D eigenvalue weighted by Gasteiger charge is 2.21. The van der Waals surface area contributed by atoms with Gasteiger partial charge in [0.05, 0.1) is 20.3 Å². The third-order valence-corrected chi connectivity index (χ3v) is 4.88. The molecule has 0 atom stereocenters. The molecule has 0 amide bonds. The van der Waals surface area contributed by atoms with Crippen molar-refractivity contribution in [3.8, 4) is 5.75 Å². The van der Waals surface area contributed by atoms with Crippen molar-refractivity contribution in [1.82, 2.24) is 10.2 Å². The Morgan fingerprint density at radius 3 is 2.73 bits per heavy atom. The number of nitrogens with one attached hydrogen (secondary N) is 1. The zero-order valence-electron chi connectivity index (χ0n) is 16.1. The van der Waals surface area contributed by atoms with Crippen LogP contribution in [0.5, 0.6) is 5.75 Å². The molecule has 1 N–H and O–H groups in total. The van der Waals surface area contributed by atoms with Crippen molar-refractivity contribution in [2.75, 3.05) is 64.5 Å². The summed E-state index contributed by atoms with van der Waals surface area (Å²) in [6.07, 6.45) is 2.67. The van der Waals surface area contributed by atoms with Crippen molar-refractivity contribution < 1.29 is 9.47 Å². The maximum atomic E-state index is 5.70. The van der Waals surface area contributed by atoms with Crippen molar-refractivity contribution in [3.63, 3.8) is 0 Å². The predicted molar refractivity (Wildman–Crippen MR) is 106 cm³/mol. The summed E-state index contributed by atoms with van der Waals surface area (Å²) >= 11 is 0. The zero-order valence-corrected chi connectivity index (χ0v) is 16.1. The van der Waals surface area contributed by atoms with Gasteiger partial charge in [0, 0.05) is 51.1 Å². The summed E-state index contributed by atoms with van der Waals surface area (Å²) in [5.41, 5.74) is 1.22. The second kappa shape index (κ2) is 9.67. The number of rotatable bonds is 8. The lowest BCUT2D eigenvalue weighted by atomic mass is 10.2. The van der Waals surface area contributed by atoms with Crippen LogP contribution in [-0.4, -0.2) is 70.5 Å². The summed E-state index contributed by atoms with van der Waals surface area (Å²) in [6, 6.07) is 8.29. The molecule has 0 unspecified atom stereocenters. The molecule has 2 aliphatic rings. The highest BCUT2D eigenvalue weighted by atomic mass is 16.5. The number of aliphatic imine (C=N–C) groups is 1. The third-order valence-electron chi connectivity index (χ3n) is 4.88. The highest BCUT2D eigenvalue weighted by Crippen LogP contribution is 2.28. The molecule has 6 nitrogen and oxygen atoms in total. The van der Waals surface area contributed by atoms with Crippen LogP contribution in [0.4, 0.5) is 5.69 Å². The fourth-order valence-corrected chi connectivity index (χ4v) is 3.16. The van der Waals surface area contributed by atoms with Gasteiger partial charge in [-0.15, -0.1) is 0 Å². The number of methoxy groups -OCH3 is 1. The number of anilines is 1. The molecule has 1 heterocycles. The van der Waals surface area contributed by atoms with E-state index in [2.05, 4.69) is 34.2 Å². The van der Waals surface area contributed by atoms with E-state index in [1.807, 2.05) is 12.1 Å². The molecule has 6 heteroatoms. The minimum Gasteiger partial charge on any atom is -0.497 e. The monoisotopic (exact) mass is 360 g/mol. The number of hydrogen-bond acceptors (Lipinski definition) is 4. The molecule has 1 aromatic rings. The van der Waals surface area contributed by atoms with Gasteiger partial charge < -0.3 is 24.6 Å². The fourth-order valence-electron chi connectivity index (χ4n) is 3.16. The minimum atomic E-state index is 0.717. The summed E-state index contributed by atoms with van der Waals surface area (Å²) in [6.45, 7) is 9.25. The van der Waals surface area contributed by atoms with Gasteiger partial charge in [-0.3, -0.25) is 4.99 Å². The topological polar surface area (TPSA) is 49.3 Å². The van der Waals surface area contributed by atoms with E-state index in [1.165, 1.54) is 18.5 Å². The number of nitrogens with zero attached hydrogens (tertiary/aromatic N) is 3. The van der Waals surface area contributed by atoms with Gasteiger partial charge in [0.1, 0.15) is 5.75 Å². The SMILES string of the molecule is CCNC(=NCCOCC1CC1)N1CCN(c2cccc(OC)c2)CC1. The lowest BCUT2D eigenvalue weighted by molar-refractivity contribution is 0.131. The highest BCUT2D eigenvalue weighted by molar-refractivity contribution is 5.80. The van der Waals surface area contributed by atoms with Crippen LogP contribution in [0.3, 0.4) is 0 Å². The van der Waals surface area contributed by atoms with E-state index in [-0.39, 0.29) is 0 Å². The van der Waals surface area contributed by atoms with Crippen LogP contribution in [-0.2, 0) is 4.74 Å². The first-order valence-electron chi connectivity index (χ1n) is 9.80. The first kappa shape index (κ1) is 18.8. The zero-order chi connectivity index (χ0) is 18.2. The Balaban J connectivity index is 1.48. The summed E-state index contributed by atoms with van der Waals surface area (Å²) in [5, 5.41) is 3.42. The predicted octanol–water partition coefficient (Wildman–Crippen LogP) is 2.21. The molecule has 0 spiro atoms. The number of ether oxygens (including phenoxy) is 2. The number of benzene rings is 1. The number of hydrogen-bond donors (Lipinski definition) is 1.